The van der Waals surface area contributed by atoms with Crippen molar-refractivity contribution in [2.24, 2.45) is 5.92 Å². The first kappa shape index (κ1) is 12.6. The van der Waals surface area contributed by atoms with Crippen molar-refractivity contribution in [1.29, 1.82) is 0 Å². The van der Waals surface area contributed by atoms with Gasteiger partial charge in [-0.1, -0.05) is 42.5 Å². The molecule has 2 aromatic rings. The van der Waals surface area contributed by atoms with Gasteiger partial charge in [-0.25, -0.2) is 0 Å². The Kier molecular flexibility index (Phi) is 3.29. The second-order valence-electron chi connectivity index (χ2n) is 5.84. The second-order valence-corrected chi connectivity index (χ2v) is 5.84. The van der Waals surface area contributed by atoms with Crippen molar-refractivity contribution in [1.82, 2.24) is 5.32 Å². The average molecular weight is 255 g/mol. The Morgan fingerprint density at radius 3 is 2.63 bits per heavy atom. The minimum absolute atomic E-state index is 0.119. The molecule has 1 fully saturated rings. The summed E-state index contributed by atoms with van der Waals surface area (Å²) in [5.74, 6) is 0.806. The van der Waals surface area contributed by atoms with Crippen molar-refractivity contribution < 1.29 is 5.11 Å². The fourth-order valence-corrected chi connectivity index (χ4v) is 2.63. The molecule has 1 unspecified atom stereocenters. The van der Waals surface area contributed by atoms with E-state index in [0.29, 0.717) is 0 Å². The molecule has 2 aromatic carbocycles. The number of fused-ring (bicyclic) bond motifs is 1. The first-order valence-electron chi connectivity index (χ1n) is 7.07. The molecule has 2 N–H and O–H groups in total. The molecule has 0 amide bonds. The summed E-state index contributed by atoms with van der Waals surface area (Å²) in [4.78, 5) is 0. The van der Waals surface area contributed by atoms with E-state index in [2.05, 4.69) is 54.7 Å². The summed E-state index contributed by atoms with van der Waals surface area (Å²) in [5.41, 5.74) is 0.831. The highest BCUT2D eigenvalue weighted by Crippen LogP contribution is 2.32. The summed E-state index contributed by atoms with van der Waals surface area (Å²) in [6.45, 7) is 3.21. The quantitative estimate of drug-likeness (QED) is 0.860. The SMILES string of the molecule is CC(CO)(NCC1CC1)c1cccc2ccccc12. The van der Waals surface area contributed by atoms with E-state index in [1.807, 2.05) is 0 Å². The first-order valence-corrected chi connectivity index (χ1v) is 7.07. The van der Waals surface area contributed by atoms with E-state index in [1.54, 1.807) is 0 Å². The minimum Gasteiger partial charge on any atom is -0.394 e. The predicted molar refractivity (Wildman–Crippen MR) is 79.1 cm³/mol. The van der Waals surface area contributed by atoms with Crippen LogP contribution in [0.3, 0.4) is 0 Å². The van der Waals surface area contributed by atoms with E-state index < -0.39 is 0 Å². The Morgan fingerprint density at radius 2 is 1.89 bits per heavy atom. The van der Waals surface area contributed by atoms with Crippen LogP contribution in [0.25, 0.3) is 10.8 Å². The fraction of sp³-hybridized carbons (Fsp3) is 0.412. The zero-order chi connectivity index (χ0) is 13.3. The Morgan fingerprint density at radius 1 is 1.16 bits per heavy atom. The van der Waals surface area contributed by atoms with Crippen LogP contribution >= 0.6 is 0 Å². The van der Waals surface area contributed by atoms with E-state index in [1.165, 1.54) is 29.2 Å². The van der Waals surface area contributed by atoms with Crippen molar-refractivity contribution >= 4 is 10.8 Å². The number of aliphatic hydroxyl groups is 1. The van der Waals surface area contributed by atoms with Crippen molar-refractivity contribution in [2.75, 3.05) is 13.2 Å². The van der Waals surface area contributed by atoms with Gasteiger partial charge in [-0.05, 0) is 48.6 Å². The zero-order valence-corrected chi connectivity index (χ0v) is 11.4. The Hall–Kier alpha value is -1.38. The molecular formula is C17H21NO. The smallest absolute Gasteiger partial charge is 0.0652 e. The topological polar surface area (TPSA) is 32.3 Å². The van der Waals surface area contributed by atoms with Gasteiger partial charge in [0.15, 0.2) is 0 Å². The molecule has 19 heavy (non-hydrogen) atoms. The summed E-state index contributed by atoms with van der Waals surface area (Å²) in [6.07, 6.45) is 2.65. The predicted octanol–water partition coefficient (Wildman–Crippen LogP) is 3.05. The van der Waals surface area contributed by atoms with Gasteiger partial charge >= 0.3 is 0 Å². The highest BCUT2D eigenvalue weighted by Gasteiger charge is 2.30. The summed E-state index contributed by atoms with van der Waals surface area (Å²) in [7, 11) is 0. The normalized spacial score (nSPS) is 18.4. The van der Waals surface area contributed by atoms with Gasteiger partial charge in [-0.15, -0.1) is 0 Å². The third-order valence-corrected chi connectivity index (χ3v) is 4.18. The van der Waals surface area contributed by atoms with Crippen molar-refractivity contribution in [2.45, 2.75) is 25.3 Å². The largest absolute Gasteiger partial charge is 0.394 e. The zero-order valence-electron chi connectivity index (χ0n) is 11.4. The summed E-state index contributed by atoms with van der Waals surface area (Å²) in [5, 5.41) is 15.9. The maximum atomic E-state index is 9.87. The maximum Gasteiger partial charge on any atom is 0.0652 e. The summed E-state index contributed by atoms with van der Waals surface area (Å²) < 4.78 is 0. The molecule has 0 saturated heterocycles. The number of rotatable bonds is 5. The Bertz CT molecular complexity index is 571. The van der Waals surface area contributed by atoms with Crippen LogP contribution in [0.15, 0.2) is 42.5 Å². The molecule has 2 heteroatoms. The van der Waals surface area contributed by atoms with E-state index in [0.717, 1.165) is 12.5 Å². The summed E-state index contributed by atoms with van der Waals surface area (Å²) >= 11 is 0. The summed E-state index contributed by atoms with van der Waals surface area (Å²) in [6, 6.07) is 14.7. The second kappa shape index (κ2) is 4.95. The van der Waals surface area contributed by atoms with Crippen LogP contribution in [-0.2, 0) is 5.54 Å². The highest BCUT2D eigenvalue weighted by atomic mass is 16.3. The molecule has 100 valence electrons. The van der Waals surface area contributed by atoms with Gasteiger partial charge in [-0.3, -0.25) is 0 Å². The minimum atomic E-state index is -0.358. The number of aliphatic hydroxyl groups excluding tert-OH is 1. The van der Waals surface area contributed by atoms with Crippen LogP contribution in [0, 0.1) is 5.92 Å². The van der Waals surface area contributed by atoms with Crippen LogP contribution in [0.1, 0.15) is 25.3 Å². The molecule has 1 atom stereocenters. The molecule has 1 aliphatic rings. The van der Waals surface area contributed by atoms with Gasteiger partial charge in [0.05, 0.1) is 12.1 Å². The standard InChI is InChI=1S/C17H21NO/c1-17(12-19,18-11-13-9-10-13)16-8-4-6-14-5-2-3-7-15(14)16/h2-8,13,18-19H,9-12H2,1H3. The number of nitrogens with one attached hydrogen (secondary N) is 1. The van der Waals surface area contributed by atoms with Crippen molar-refractivity contribution in [3.63, 3.8) is 0 Å². The third-order valence-electron chi connectivity index (χ3n) is 4.18. The van der Waals surface area contributed by atoms with Gasteiger partial charge in [0.1, 0.15) is 0 Å². The molecule has 1 saturated carbocycles. The molecule has 0 heterocycles. The number of benzene rings is 2. The molecule has 3 rings (SSSR count). The first-order chi connectivity index (χ1) is 9.23. The van der Waals surface area contributed by atoms with Crippen LogP contribution < -0.4 is 5.32 Å². The monoisotopic (exact) mass is 255 g/mol. The van der Waals surface area contributed by atoms with Gasteiger partial charge < -0.3 is 10.4 Å². The Balaban J connectivity index is 1.99. The average Bonchev–Trinajstić information content (AvgIpc) is 3.28. The lowest BCUT2D eigenvalue weighted by Crippen LogP contribution is -2.44. The lowest BCUT2D eigenvalue weighted by Gasteiger charge is -2.31. The van der Waals surface area contributed by atoms with E-state index in [9.17, 15) is 5.11 Å². The fourth-order valence-electron chi connectivity index (χ4n) is 2.63. The Labute approximate surface area is 114 Å². The lowest BCUT2D eigenvalue weighted by molar-refractivity contribution is 0.175. The van der Waals surface area contributed by atoms with Crippen LogP contribution in [0.5, 0.6) is 0 Å². The third kappa shape index (κ3) is 2.51. The van der Waals surface area contributed by atoms with E-state index in [4.69, 9.17) is 0 Å². The molecule has 0 aliphatic heterocycles. The number of hydrogen-bond donors (Lipinski definition) is 2. The lowest BCUT2D eigenvalue weighted by atomic mass is 9.88. The number of hydrogen-bond acceptors (Lipinski definition) is 2. The molecule has 0 aromatic heterocycles. The van der Waals surface area contributed by atoms with Crippen LogP contribution in [0.2, 0.25) is 0 Å². The van der Waals surface area contributed by atoms with E-state index in [-0.39, 0.29) is 12.1 Å². The highest BCUT2D eigenvalue weighted by molar-refractivity contribution is 5.86. The maximum absolute atomic E-state index is 9.87. The molecule has 0 bridgehead atoms. The van der Waals surface area contributed by atoms with Crippen LogP contribution in [-0.4, -0.2) is 18.3 Å². The molecule has 0 spiro atoms. The van der Waals surface area contributed by atoms with Gasteiger partial charge in [0.25, 0.3) is 0 Å². The molecule has 2 nitrogen and oxygen atoms in total. The van der Waals surface area contributed by atoms with Gasteiger partial charge in [-0.2, -0.15) is 0 Å². The van der Waals surface area contributed by atoms with Crippen molar-refractivity contribution in [3.8, 4) is 0 Å². The van der Waals surface area contributed by atoms with Crippen molar-refractivity contribution in [3.05, 3.63) is 48.0 Å². The van der Waals surface area contributed by atoms with Gasteiger partial charge in [0.2, 0.25) is 0 Å². The van der Waals surface area contributed by atoms with Crippen LogP contribution in [0.4, 0.5) is 0 Å². The van der Waals surface area contributed by atoms with E-state index >= 15 is 0 Å². The molecular weight excluding hydrogens is 234 g/mol. The molecule has 0 radical (unpaired) electrons. The molecule has 1 aliphatic carbocycles. The van der Waals surface area contributed by atoms with Gasteiger partial charge in [0, 0.05) is 0 Å².